The first-order valence-electron chi connectivity index (χ1n) is 9.67. The number of hydrogen-bond acceptors (Lipinski definition) is 3. The largest absolute Gasteiger partial charge is 0.486 e. The van der Waals surface area contributed by atoms with Gasteiger partial charge in [-0.3, -0.25) is 0 Å². The Kier molecular flexibility index (Phi) is 4.92. The van der Waals surface area contributed by atoms with Crippen molar-refractivity contribution in [3.8, 4) is 11.5 Å². The second kappa shape index (κ2) is 7.51. The number of likely N-dealkylation sites (N-methyl/N-ethyl adjacent to an activating group) is 1. The maximum absolute atomic E-state index is 12.7. The van der Waals surface area contributed by atoms with Gasteiger partial charge in [0, 0.05) is 18.5 Å². The first-order chi connectivity index (χ1) is 13.2. The van der Waals surface area contributed by atoms with Crippen molar-refractivity contribution >= 4 is 6.03 Å². The van der Waals surface area contributed by atoms with Gasteiger partial charge in [0.05, 0.1) is 6.54 Å². The third-order valence-corrected chi connectivity index (χ3v) is 5.48. The topological polar surface area (TPSA) is 50.8 Å². The number of amides is 2. The van der Waals surface area contributed by atoms with Gasteiger partial charge in [-0.05, 0) is 37.5 Å². The van der Waals surface area contributed by atoms with E-state index < -0.39 is 0 Å². The molecule has 1 unspecified atom stereocenters. The van der Waals surface area contributed by atoms with Crippen molar-refractivity contribution in [2.75, 3.05) is 26.2 Å². The monoisotopic (exact) mass is 366 g/mol. The smallest absolute Gasteiger partial charge is 0.317 e. The zero-order valence-corrected chi connectivity index (χ0v) is 15.7. The minimum atomic E-state index is -0.158. The third kappa shape index (κ3) is 3.87. The number of para-hydroxylation sites is 2. The highest BCUT2D eigenvalue weighted by Crippen LogP contribution is 2.47. The summed E-state index contributed by atoms with van der Waals surface area (Å²) < 4.78 is 11.8. The molecule has 0 radical (unpaired) electrons. The Hall–Kier alpha value is -2.69. The van der Waals surface area contributed by atoms with E-state index in [0.29, 0.717) is 26.2 Å². The molecule has 1 N–H and O–H groups in total. The van der Waals surface area contributed by atoms with Gasteiger partial charge in [0.25, 0.3) is 0 Å². The van der Waals surface area contributed by atoms with E-state index in [1.54, 1.807) is 4.90 Å². The van der Waals surface area contributed by atoms with E-state index >= 15 is 0 Å². The number of urea groups is 1. The summed E-state index contributed by atoms with van der Waals surface area (Å²) in [5.74, 6) is 1.51. The Morgan fingerprint density at radius 2 is 1.81 bits per heavy atom. The zero-order chi connectivity index (χ0) is 18.7. The summed E-state index contributed by atoms with van der Waals surface area (Å²) in [6, 6.07) is 18.1. The van der Waals surface area contributed by atoms with Crippen LogP contribution in [0.4, 0.5) is 4.79 Å². The Morgan fingerprint density at radius 1 is 1.11 bits per heavy atom. The van der Waals surface area contributed by atoms with E-state index in [0.717, 1.165) is 24.3 Å². The molecule has 0 bridgehead atoms. The Morgan fingerprint density at radius 3 is 2.52 bits per heavy atom. The van der Waals surface area contributed by atoms with Crippen LogP contribution in [0.25, 0.3) is 0 Å². The summed E-state index contributed by atoms with van der Waals surface area (Å²) >= 11 is 0. The molecule has 5 nitrogen and oxygen atoms in total. The van der Waals surface area contributed by atoms with Crippen LogP contribution in [0.3, 0.4) is 0 Å². The van der Waals surface area contributed by atoms with Crippen molar-refractivity contribution in [3.05, 3.63) is 60.2 Å². The predicted molar refractivity (Wildman–Crippen MR) is 104 cm³/mol. The van der Waals surface area contributed by atoms with Crippen LogP contribution in [0.15, 0.2) is 54.6 Å². The van der Waals surface area contributed by atoms with Crippen LogP contribution in [0.1, 0.15) is 25.3 Å². The molecule has 2 aliphatic rings. The quantitative estimate of drug-likeness (QED) is 0.850. The van der Waals surface area contributed by atoms with Crippen LogP contribution < -0.4 is 14.8 Å². The van der Waals surface area contributed by atoms with Gasteiger partial charge in [-0.25, -0.2) is 4.79 Å². The van der Waals surface area contributed by atoms with Crippen molar-refractivity contribution in [2.45, 2.75) is 31.3 Å². The van der Waals surface area contributed by atoms with E-state index in [-0.39, 0.29) is 17.6 Å². The summed E-state index contributed by atoms with van der Waals surface area (Å²) in [6.07, 6.45) is 2.09. The van der Waals surface area contributed by atoms with Gasteiger partial charge in [-0.2, -0.15) is 0 Å². The van der Waals surface area contributed by atoms with Crippen molar-refractivity contribution in [1.29, 1.82) is 0 Å². The minimum Gasteiger partial charge on any atom is -0.486 e. The molecule has 27 heavy (non-hydrogen) atoms. The number of benzene rings is 2. The van der Waals surface area contributed by atoms with Gasteiger partial charge in [-0.1, -0.05) is 42.5 Å². The number of fused-ring (bicyclic) bond motifs is 1. The van der Waals surface area contributed by atoms with Crippen LogP contribution in [-0.4, -0.2) is 43.3 Å². The minimum absolute atomic E-state index is 0.0397. The lowest BCUT2D eigenvalue weighted by atomic mass is 9.96. The molecule has 1 fully saturated rings. The summed E-state index contributed by atoms with van der Waals surface area (Å²) in [5.41, 5.74) is 1.42. The summed E-state index contributed by atoms with van der Waals surface area (Å²) in [4.78, 5) is 14.5. The van der Waals surface area contributed by atoms with Crippen LogP contribution in [0, 0.1) is 0 Å². The lowest BCUT2D eigenvalue weighted by Gasteiger charge is -2.31. The fraction of sp³-hybridized carbons (Fsp3) is 0.409. The van der Waals surface area contributed by atoms with E-state index in [4.69, 9.17) is 9.47 Å². The van der Waals surface area contributed by atoms with Crippen LogP contribution in [-0.2, 0) is 5.41 Å². The molecule has 1 aliphatic heterocycles. The molecular weight excluding hydrogens is 340 g/mol. The number of hydrogen-bond donors (Lipinski definition) is 1. The highest BCUT2D eigenvalue weighted by atomic mass is 16.6. The standard InChI is InChI=1S/C22H26N2O3/c1-2-24(14-18-15-26-19-10-6-7-11-20(19)27-18)21(25)23-16-22(12-13-22)17-8-4-3-5-9-17/h3-11,18H,2,12-16H2,1H3,(H,23,25). The zero-order valence-electron chi connectivity index (χ0n) is 15.7. The molecular formula is C22H26N2O3. The Labute approximate surface area is 160 Å². The Balaban J connectivity index is 1.33. The average molecular weight is 366 g/mol. The van der Waals surface area contributed by atoms with Crippen LogP contribution in [0.2, 0.25) is 0 Å². The van der Waals surface area contributed by atoms with Gasteiger partial charge in [0.15, 0.2) is 17.6 Å². The number of rotatable bonds is 6. The van der Waals surface area contributed by atoms with E-state index in [1.807, 2.05) is 37.3 Å². The molecule has 1 atom stereocenters. The maximum atomic E-state index is 12.7. The fourth-order valence-electron chi connectivity index (χ4n) is 3.62. The highest BCUT2D eigenvalue weighted by molar-refractivity contribution is 5.74. The molecule has 5 heteroatoms. The molecule has 0 aromatic heterocycles. The van der Waals surface area contributed by atoms with Crippen molar-refractivity contribution in [3.63, 3.8) is 0 Å². The molecule has 1 aliphatic carbocycles. The first-order valence-corrected chi connectivity index (χ1v) is 9.67. The van der Waals surface area contributed by atoms with Crippen molar-refractivity contribution in [2.24, 2.45) is 0 Å². The predicted octanol–water partition coefficient (Wildman–Crippen LogP) is 3.59. The van der Waals surface area contributed by atoms with Crippen molar-refractivity contribution < 1.29 is 14.3 Å². The molecule has 2 amide bonds. The van der Waals surface area contributed by atoms with E-state index in [1.165, 1.54) is 5.56 Å². The lowest BCUT2D eigenvalue weighted by Crippen LogP contribution is -2.48. The van der Waals surface area contributed by atoms with Crippen LogP contribution in [0.5, 0.6) is 11.5 Å². The number of ether oxygens (including phenoxy) is 2. The molecule has 0 saturated heterocycles. The fourth-order valence-corrected chi connectivity index (χ4v) is 3.62. The van der Waals surface area contributed by atoms with Gasteiger partial charge in [0.1, 0.15) is 6.61 Å². The van der Waals surface area contributed by atoms with E-state index in [2.05, 4.69) is 29.6 Å². The summed E-state index contributed by atoms with van der Waals surface area (Å²) in [5, 5.41) is 3.13. The average Bonchev–Trinajstić information content (AvgIpc) is 3.52. The second-order valence-corrected chi connectivity index (χ2v) is 7.34. The van der Waals surface area contributed by atoms with Gasteiger partial charge >= 0.3 is 6.03 Å². The molecule has 1 saturated carbocycles. The number of carbonyl (C=O) groups is 1. The second-order valence-electron chi connectivity index (χ2n) is 7.34. The van der Waals surface area contributed by atoms with Crippen LogP contribution >= 0.6 is 0 Å². The normalized spacial score (nSPS) is 19.2. The molecule has 0 spiro atoms. The van der Waals surface area contributed by atoms with Gasteiger partial charge in [-0.15, -0.1) is 0 Å². The highest BCUT2D eigenvalue weighted by Gasteiger charge is 2.44. The number of nitrogens with zero attached hydrogens (tertiary/aromatic N) is 1. The maximum Gasteiger partial charge on any atom is 0.317 e. The molecule has 4 rings (SSSR count). The summed E-state index contributed by atoms with van der Waals surface area (Å²) in [7, 11) is 0. The van der Waals surface area contributed by atoms with Crippen molar-refractivity contribution in [1.82, 2.24) is 10.2 Å². The van der Waals surface area contributed by atoms with Gasteiger partial charge in [0.2, 0.25) is 0 Å². The molecule has 1 heterocycles. The summed E-state index contributed by atoms with van der Waals surface area (Å²) in [6.45, 7) is 4.26. The number of nitrogens with one attached hydrogen (secondary N) is 1. The SMILES string of the molecule is CCN(CC1COc2ccccc2O1)C(=O)NCC1(c2ccccc2)CC1. The molecule has 2 aromatic carbocycles. The van der Waals surface area contributed by atoms with E-state index in [9.17, 15) is 4.79 Å². The lowest BCUT2D eigenvalue weighted by molar-refractivity contribution is 0.0675. The third-order valence-electron chi connectivity index (χ3n) is 5.48. The first kappa shape index (κ1) is 17.7. The number of carbonyl (C=O) groups excluding carboxylic acids is 1. The van der Waals surface area contributed by atoms with Gasteiger partial charge < -0.3 is 19.7 Å². The molecule has 142 valence electrons. The Bertz CT molecular complexity index is 789. The molecule has 2 aromatic rings.